The first-order chi connectivity index (χ1) is 15.0. The number of carbonyl (C=O) groups excluding carboxylic acids is 2. The second-order valence-electron chi connectivity index (χ2n) is 9.13. The maximum absolute atomic E-state index is 13.1. The third-order valence-corrected chi connectivity index (χ3v) is 5.36. The Balaban J connectivity index is 1.77. The zero-order valence-corrected chi connectivity index (χ0v) is 20.2. The number of fused-ring (bicyclic) bond motifs is 1. The van der Waals surface area contributed by atoms with Gasteiger partial charge in [0.25, 0.3) is 11.8 Å². The minimum absolute atomic E-state index is 0.160. The van der Waals surface area contributed by atoms with E-state index < -0.39 is 0 Å². The number of hydrogen-bond donors (Lipinski definition) is 2. The number of nitrogens with one attached hydrogen (secondary N) is 2. The van der Waals surface area contributed by atoms with Crippen LogP contribution in [-0.2, 0) is 5.54 Å². The second-order valence-corrected chi connectivity index (χ2v) is 9.57. The molecule has 0 spiro atoms. The molecule has 1 aromatic carbocycles. The number of nitrogens with zero attached hydrogens (tertiary/aromatic N) is 3. The molecule has 0 aliphatic carbocycles. The smallest absolute Gasteiger partial charge is 0.252 e. The van der Waals surface area contributed by atoms with Crippen LogP contribution in [0.5, 0.6) is 0 Å². The van der Waals surface area contributed by atoms with E-state index in [0.29, 0.717) is 34.9 Å². The van der Waals surface area contributed by atoms with Crippen molar-refractivity contribution in [3.63, 3.8) is 0 Å². The van der Waals surface area contributed by atoms with E-state index in [-0.39, 0.29) is 23.3 Å². The quantitative estimate of drug-likeness (QED) is 0.538. The van der Waals surface area contributed by atoms with E-state index in [1.54, 1.807) is 24.3 Å². The van der Waals surface area contributed by atoms with Gasteiger partial charge in [-0.2, -0.15) is 5.10 Å². The van der Waals surface area contributed by atoms with Gasteiger partial charge >= 0.3 is 0 Å². The largest absolute Gasteiger partial charge is 0.350 e. The molecule has 0 aliphatic heterocycles. The lowest BCUT2D eigenvalue weighted by molar-refractivity contribution is 0.0928. The zero-order chi connectivity index (χ0) is 23.6. The number of carbonyl (C=O) groups is 2. The first-order valence-electron chi connectivity index (χ1n) is 10.7. The molecule has 0 unspecified atom stereocenters. The van der Waals surface area contributed by atoms with Gasteiger partial charge < -0.3 is 10.6 Å². The van der Waals surface area contributed by atoms with Crippen LogP contribution in [0, 0.1) is 6.92 Å². The average molecular weight is 456 g/mol. The third-order valence-electron chi connectivity index (χ3n) is 5.11. The number of aromatic nitrogens is 3. The lowest BCUT2D eigenvalue weighted by Crippen LogP contribution is -2.34. The summed E-state index contributed by atoms with van der Waals surface area (Å²) in [5.74, 6) is -0.267. The van der Waals surface area contributed by atoms with Gasteiger partial charge in [0.2, 0.25) is 0 Å². The molecular weight excluding hydrogens is 426 g/mol. The minimum atomic E-state index is -0.269. The molecule has 2 N–H and O–H groups in total. The van der Waals surface area contributed by atoms with Gasteiger partial charge in [-0.1, -0.05) is 25.4 Å². The topological polar surface area (TPSA) is 88.9 Å². The van der Waals surface area contributed by atoms with Crippen molar-refractivity contribution in [3.05, 3.63) is 57.9 Å². The number of pyridine rings is 1. The zero-order valence-electron chi connectivity index (χ0n) is 19.4. The van der Waals surface area contributed by atoms with Crippen LogP contribution in [0.3, 0.4) is 0 Å². The van der Waals surface area contributed by atoms with Crippen molar-refractivity contribution in [2.75, 3.05) is 13.1 Å². The highest BCUT2D eigenvalue weighted by atomic mass is 35.5. The summed E-state index contributed by atoms with van der Waals surface area (Å²) in [4.78, 5) is 30.1. The Labute approximate surface area is 193 Å². The first-order valence-corrected chi connectivity index (χ1v) is 11.1. The van der Waals surface area contributed by atoms with Crippen LogP contribution in [0.25, 0.3) is 11.0 Å². The van der Waals surface area contributed by atoms with Crippen LogP contribution in [0.4, 0.5) is 0 Å². The Bertz CT molecular complexity index is 1140. The van der Waals surface area contributed by atoms with Crippen LogP contribution >= 0.6 is 11.6 Å². The Morgan fingerprint density at radius 2 is 1.66 bits per heavy atom. The van der Waals surface area contributed by atoms with Crippen molar-refractivity contribution in [1.82, 2.24) is 25.4 Å². The number of amides is 2. The molecule has 0 saturated carbocycles. The molecule has 0 radical (unpaired) electrons. The van der Waals surface area contributed by atoms with E-state index in [0.717, 1.165) is 16.8 Å². The first kappa shape index (κ1) is 23.7. The van der Waals surface area contributed by atoms with Crippen LogP contribution in [0.2, 0.25) is 5.02 Å². The summed E-state index contributed by atoms with van der Waals surface area (Å²) in [6.07, 6.45) is 0. The van der Waals surface area contributed by atoms with E-state index in [1.807, 2.05) is 31.5 Å². The van der Waals surface area contributed by atoms with Gasteiger partial charge in [0.15, 0.2) is 5.65 Å². The number of hydrogen-bond acceptors (Lipinski definition) is 4. The molecule has 170 valence electrons. The van der Waals surface area contributed by atoms with Gasteiger partial charge in [0.05, 0.1) is 22.2 Å². The minimum Gasteiger partial charge on any atom is -0.350 e. The summed E-state index contributed by atoms with van der Waals surface area (Å²) in [5.41, 5.74) is 3.11. The predicted molar refractivity (Wildman–Crippen MR) is 127 cm³/mol. The molecule has 3 aromatic rings. The Morgan fingerprint density at radius 3 is 2.22 bits per heavy atom. The lowest BCUT2D eigenvalue weighted by Gasteiger charge is -2.20. The van der Waals surface area contributed by atoms with Gasteiger partial charge in [-0.15, -0.1) is 0 Å². The molecule has 8 heteroatoms. The van der Waals surface area contributed by atoms with E-state index in [4.69, 9.17) is 16.6 Å². The number of aryl methyl sites for hydroxylation is 1. The van der Waals surface area contributed by atoms with Gasteiger partial charge in [-0.25, -0.2) is 9.67 Å². The highest BCUT2D eigenvalue weighted by Crippen LogP contribution is 2.28. The van der Waals surface area contributed by atoms with E-state index in [1.165, 1.54) is 0 Å². The van der Waals surface area contributed by atoms with Crippen molar-refractivity contribution < 1.29 is 9.59 Å². The van der Waals surface area contributed by atoms with Crippen molar-refractivity contribution in [1.29, 1.82) is 0 Å². The standard InChI is InChI=1S/C24H30ClN5O2/c1-14(2)19-13-18(20-15(3)29-30(21(20)28-19)24(4,5)6)23(32)27-12-11-26-22(31)16-7-9-17(25)10-8-16/h7-10,13-14H,11-12H2,1-6H3,(H,26,31)(H,27,32). The molecule has 0 atom stereocenters. The van der Waals surface area contributed by atoms with E-state index >= 15 is 0 Å². The lowest BCUT2D eigenvalue weighted by atomic mass is 10.0. The van der Waals surface area contributed by atoms with Crippen molar-refractivity contribution in [2.24, 2.45) is 0 Å². The van der Waals surface area contributed by atoms with Crippen molar-refractivity contribution >= 4 is 34.4 Å². The van der Waals surface area contributed by atoms with Gasteiger partial charge in [-0.3, -0.25) is 9.59 Å². The molecule has 0 saturated heterocycles. The molecule has 2 heterocycles. The molecule has 3 rings (SSSR count). The number of halogens is 1. The Kier molecular flexibility index (Phi) is 6.88. The molecule has 0 bridgehead atoms. The van der Waals surface area contributed by atoms with Crippen LogP contribution in [-0.4, -0.2) is 39.7 Å². The van der Waals surface area contributed by atoms with E-state index in [9.17, 15) is 9.59 Å². The molecule has 2 aromatic heterocycles. The predicted octanol–water partition coefficient (Wildman–Crippen LogP) is 4.43. The Hall–Kier alpha value is -2.93. The molecule has 2 amide bonds. The number of benzene rings is 1. The normalized spacial score (nSPS) is 11.8. The SMILES string of the molecule is Cc1nn(C(C)(C)C)c2nc(C(C)C)cc(C(=O)NCCNC(=O)c3ccc(Cl)cc3)c12. The average Bonchev–Trinajstić information content (AvgIpc) is 3.07. The second kappa shape index (κ2) is 9.28. The number of rotatable bonds is 6. The fraction of sp³-hybridized carbons (Fsp3) is 0.417. The maximum Gasteiger partial charge on any atom is 0.252 e. The third kappa shape index (κ3) is 5.10. The summed E-state index contributed by atoms with van der Waals surface area (Å²) in [6, 6.07) is 8.50. The highest BCUT2D eigenvalue weighted by Gasteiger charge is 2.25. The summed E-state index contributed by atoms with van der Waals surface area (Å²) in [6.45, 7) is 12.8. The van der Waals surface area contributed by atoms with E-state index in [2.05, 4.69) is 36.5 Å². The molecule has 0 aliphatic rings. The van der Waals surface area contributed by atoms with Crippen molar-refractivity contribution in [3.8, 4) is 0 Å². The van der Waals surface area contributed by atoms with Crippen LogP contribution < -0.4 is 10.6 Å². The highest BCUT2D eigenvalue weighted by molar-refractivity contribution is 6.30. The molecular formula is C24H30ClN5O2. The summed E-state index contributed by atoms with van der Waals surface area (Å²) in [7, 11) is 0. The summed E-state index contributed by atoms with van der Waals surface area (Å²) in [5, 5.41) is 11.7. The maximum atomic E-state index is 13.1. The van der Waals surface area contributed by atoms with Crippen LogP contribution in [0.1, 0.15) is 72.6 Å². The van der Waals surface area contributed by atoms with Crippen LogP contribution in [0.15, 0.2) is 30.3 Å². The fourth-order valence-corrected chi connectivity index (χ4v) is 3.53. The van der Waals surface area contributed by atoms with Crippen molar-refractivity contribution in [2.45, 2.75) is 53.0 Å². The van der Waals surface area contributed by atoms with Gasteiger partial charge in [0.1, 0.15) is 0 Å². The Morgan fingerprint density at radius 1 is 1.06 bits per heavy atom. The fourth-order valence-electron chi connectivity index (χ4n) is 3.40. The monoisotopic (exact) mass is 455 g/mol. The molecule has 7 nitrogen and oxygen atoms in total. The van der Waals surface area contributed by atoms with Gasteiger partial charge in [0, 0.05) is 29.4 Å². The summed E-state index contributed by atoms with van der Waals surface area (Å²) < 4.78 is 1.88. The summed E-state index contributed by atoms with van der Waals surface area (Å²) >= 11 is 5.86. The molecule has 32 heavy (non-hydrogen) atoms. The molecule has 0 fully saturated rings. The van der Waals surface area contributed by atoms with Gasteiger partial charge in [-0.05, 0) is 63.9 Å².